The lowest BCUT2D eigenvalue weighted by Gasteiger charge is -2.26. The van der Waals surface area contributed by atoms with Crippen LogP contribution in [0, 0.1) is 5.41 Å². The zero-order chi connectivity index (χ0) is 9.47. The van der Waals surface area contributed by atoms with E-state index in [2.05, 4.69) is 19.2 Å². The van der Waals surface area contributed by atoms with E-state index in [1.807, 2.05) is 4.90 Å². The second kappa shape index (κ2) is 2.98. The lowest BCUT2D eigenvalue weighted by Crippen LogP contribution is -2.40. The zero-order valence-electron chi connectivity index (χ0n) is 8.47. The van der Waals surface area contributed by atoms with Crippen molar-refractivity contribution in [3.8, 4) is 0 Å². The minimum absolute atomic E-state index is 0.278. The summed E-state index contributed by atoms with van der Waals surface area (Å²) in [5.41, 5.74) is 0.440. The predicted octanol–water partition coefficient (Wildman–Crippen LogP) is 0.954. The number of carbonyl (C=O) groups excluding carboxylic acids is 1. The van der Waals surface area contributed by atoms with E-state index in [9.17, 15) is 4.79 Å². The van der Waals surface area contributed by atoms with Crippen LogP contribution in [0.15, 0.2) is 0 Å². The Bertz CT molecular complexity index is 223. The smallest absolute Gasteiger partial charge is 0.237 e. The van der Waals surface area contributed by atoms with E-state index in [1.54, 1.807) is 0 Å². The molecule has 2 fully saturated rings. The van der Waals surface area contributed by atoms with Gasteiger partial charge in [-0.15, -0.1) is 0 Å². The highest BCUT2D eigenvalue weighted by Crippen LogP contribution is 2.46. The average Bonchev–Trinajstić information content (AvgIpc) is 2.72. The quantitative estimate of drug-likeness (QED) is 0.705. The molecule has 1 saturated carbocycles. The van der Waals surface area contributed by atoms with Crippen molar-refractivity contribution in [2.45, 2.75) is 39.3 Å². The maximum atomic E-state index is 11.5. The average molecular weight is 182 g/mol. The van der Waals surface area contributed by atoms with Crippen LogP contribution < -0.4 is 5.32 Å². The Morgan fingerprint density at radius 2 is 2.31 bits per heavy atom. The Morgan fingerprint density at radius 1 is 1.62 bits per heavy atom. The molecule has 1 aliphatic carbocycles. The Labute approximate surface area is 79.5 Å². The van der Waals surface area contributed by atoms with Crippen LogP contribution >= 0.6 is 0 Å². The van der Waals surface area contributed by atoms with Crippen molar-refractivity contribution >= 4 is 5.91 Å². The minimum atomic E-state index is 0.278. The monoisotopic (exact) mass is 182 g/mol. The zero-order valence-corrected chi connectivity index (χ0v) is 8.47. The maximum Gasteiger partial charge on any atom is 0.237 e. The van der Waals surface area contributed by atoms with E-state index < -0.39 is 0 Å². The predicted molar refractivity (Wildman–Crippen MR) is 51.1 cm³/mol. The van der Waals surface area contributed by atoms with Gasteiger partial charge in [-0.1, -0.05) is 13.8 Å². The summed E-state index contributed by atoms with van der Waals surface area (Å²) in [6, 6.07) is 0. The van der Waals surface area contributed by atoms with Crippen molar-refractivity contribution in [3.05, 3.63) is 0 Å². The van der Waals surface area contributed by atoms with Gasteiger partial charge in [0.25, 0.3) is 0 Å². The van der Waals surface area contributed by atoms with Crippen molar-refractivity contribution < 1.29 is 4.79 Å². The highest BCUT2D eigenvalue weighted by atomic mass is 16.2. The first-order valence-electron chi connectivity index (χ1n) is 5.17. The van der Waals surface area contributed by atoms with Crippen molar-refractivity contribution in [3.63, 3.8) is 0 Å². The van der Waals surface area contributed by atoms with Gasteiger partial charge in [0.2, 0.25) is 5.91 Å². The van der Waals surface area contributed by atoms with E-state index in [4.69, 9.17) is 0 Å². The number of amides is 1. The molecule has 0 spiro atoms. The molecule has 0 aromatic carbocycles. The van der Waals surface area contributed by atoms with Crippen LogP contribution in [0.25, 0.3) is 0 Å². The van der Waals surface area contributed by atoms with Gasteiger partial charge >= 0.3 is 0 Å². The fourth-order valence-electron chi connectivity index (χ4n) is 1.94. The third kappa shape index (κ3) is 1.70. The number of carbonyl (C=O) groups is 1. The topological polar surface area (TPSA) is 32.3 Å². The molecule has 2 aliphatic rings. The van der Waals surface area contributed by atoms with Gasteiger partial charge in [0.15, 0.2) is 0 Å². The molecular formula is C10H18N2O. The van der Waals surface area contributed by atoms with E-state index in [0.717, 1.165) is 13.0 Å². The summed E-state index contributed by atoms with van der Waals surface area (Å²) in [6.07, 6.45) is 3.88. The molecule has 3 nitrogen and oxygen atoms in total. The van der Waals surface area contributed by atoms with Crippen LogP contribution in [0.4, 0.5) is 0 Å². The van der Waals surface area contributed by atoms with Gasteiger partial charge in [-0.25, -0.2) is 0 Å². The van der Waals surface area contributed by atoms with Crippen molar-refractivity contribution in [1.82, 2.24) is 10.2 Å². The number of hydrogen-bond donors (Lipinski definition) is 1. The van der Waals surface area contributed by atoms with Crippen molar-refractivity contribution in [2.24, 2.45) is 5.41 Å². The minimum Gasteiger partial charge on any atom is -0.326 e. The van der Waals surface area contributed by atoms with Gasteiger partial charge in [0.1, 0.15) is 0 Å². The van der Waals surface area contributed by atoms with E-state index in [-0.39, 0.29) is 5.91 Å². The number of rotatable bonds is 3. The third-order valence-corrected chi connectivity index (χ3v) is 3.23. The summed E-state index contributed by atoms with van der Waals surface area (Å²) in [4.78, 5) is 13.5. The van der Waals surface area contributed by atoms with Crippen LogP contribution in [0.3, 0.4) is 0 Å². The molecule has 0 aromatic heterocycles. The van der Waals surface area contributed by atoms with Gasteiger partial charge in [0, 0.05) is 6.54 Å². The first-order valence-corrected chi connectivity index (χ1v) is 5.17. The summed E-state index contributed by atoms with van der Waals surface area (Å²) in [7, 11) is 0. The molecule has 0 radical (unpaired) electrons. The molecule has 2 rings (SSSR count). The van der Waals surface area contributed by atoms with Gasteiger partial charge < -0.3 is 4.90 Å². The van der Waals surface area contributed by atoms with Gasteiger partial charge in [-0.05, 0) is 24.7 Å². The van der Waals surface area contributed by atoms with Crippen LogP contribution in [-0.2, 0) is 4.79 Å². The van der Waals surface area contributed by atoms with Crippen molar-refractivity contribution in [2.75, 3.05) is 13.1 Å². The fourth-order valence-corrected chi connectivity index (χ4v) is 1.94. The molecule has 0 aromatic rings. The number of nitrogens with one attached hydrogen (secondary N) is 1. The molecular weight excluding hydrogens is 164 g/mol. The Hall–Kier alpha value is -0.570. The fraction of sp³-hybridized carbons (Fsp3) is 0.900. The van der Waals surface area contributed by atoms with Crippen LogP contribution in [0.2, 0.25) is 0 Å². The number of hydrogen-bond acceptors (Lipinski definition) is 2. The molecule has 1 saturated heterocycles. The summed E-state index contributed by atoms with van der Waals surface area (Å²) in [5, 5.41) is 3.23. The Balaban J connectivity index is 1.98. The summed E-state index contributed by atoms with van der Waals surface area (Å²) >= 11 is 0. The first-order chi connectivity index (χ1) is 6.14. The Morgan fingerprint density at radius 3 is 2.85 bits per heavy atom. The van der Waals surface area contributed by atoms with Crippen LogP contribution in [-0.4, -0.2) is 30.1 Å². The third-order valence-electron chi connectivity index (χ3n) is 3.23. The highest BCUT2D eigenvalue weighted by molar-refractivity contribution is 5.80. The van der Waals surface area contributed by atoms with Gasteiger partial charge in [0.05, 0.1) is 12.7 Å². The summed E-state index contributed by atoms with van der Waals surface area (Å²) < 4.78 is 0. The van der Waals surface area contributed by atoms with Crippen molar-refractivity contribution in [1.29, 1.82) is 0 Å². The van der Waals surface area contributed by atoms with E-state index >= 15 is 0 Å². The summed E-state index contributed by atoms with van der Waals surface area (Å²) in [6.45, 7) is 5.88. The standard InChI is InChI=1S/C10H18N2O/c1-3-8-11-6-9(13)12(8)7-10(2)4-5-10/h8,11H,3-7H2,1-2H3. The van der Waals surface area contributed by atoms with Gasteiger partial charge in [-0.2, -0.15) is 0 Å². The molecule has 0 bridgehead atoms. The van der Waals surface area contributed by atoms with Crippen LogP contribution in [0.1, 0.15) is 33.1 Å². The molecule has 74 valence electrons. The molecule has 1 amide bonds. The molecule has 13 heavy (non-hydrogen) atoms. The second-order valence-corrected chi connectivity index (χ2v) is 4.64. The lowest BCUT2D eigenvalue weighted by molar-refractivity contribution is -0.128. The molecule has 1 atom stereocenters. The molecule has 1 N–H and O–H groups in total. The molecule has 1 unspecified atom stereocenters. The second-order valence-electron chi connectivity index (χ2n) is 4.64. The maximum absolute atomic E-state index is 11.5. The Kier molecular flexibility index (Phi) is 2.06. The highest BCUT2D eigenvalue weighted by Gasteiger charge is 2.42. The first kappa shape index (κ1) is 9.00. The largest absolute Gasteiger partial charge is 0.326 e. The molecule has 3 heteroatoms. The van der Waals surface area contributed by atoms with Crippen LogP contribution in [0.5, 0.6) is 0 Å². The van der Waals surface area contributed by atoms with E-state index in [1.165, 1.54) is 12.8 Å². The van der Waals surface area contributed by atoms with E-state index in [0.29, 0.717) is 18.1 Å². The SMILES string of the molecule is CCC1NCC(=O)N1CC1(C)CC1. The number of nitrogens with zero attached hydrogens (tertiary/aromatic N) is 1. The molecule has 1 heterocycles. The lowest BCUT2D eigenvalue weighted by atomic mass is 10.1. The summed E-state index contributed by atoms with van der Waals surface area (Å²) in [5.74, 6) is 0.278. The van der Waals surface area contributed by atoms with Gasteiger partial charge in [-0.3, -0.25) is 10.1 Å². The normalized spacial score (nSPS) is 31.1. The molecule has 1 aliphatic heterocycles.